The van der Waals surface area contributed by atoms with Gasteiger partial charge in [-0.2, -0.15) is 0 Å². The van der Waals surface area contributed by atoms with Gasteiger partial charge in [-0.3, -0.25) is 23.8 Å². The summed E-state index contributed by atoms with van der Waals surface area (Å²) >= 11 is 0. The van der Waals surface area contributed by atoms with Crippen molar-refractivity contribution in [3.05, 3.63) is 9.81 Å². The second-order valence-electron chi connectivity index (χ2n) is 7.67. The summed E-state index contributed by atoms with van der Waals surface area (Å²) < 4.78 is 24.7. The maximum absolute atomic E-state index is 12.5. The van der Waals surface area contributed by atoms with Crippen LogP contribution in [0.1, 0.15) is 27.2 Å². The zero-order valence-electron chi connectivity index (χ0n) is 19.3. The minimum absolute atomic E-state index is 0.0372. The van der Waals surface area contributed by atoms with Crippen molar-refractivity contribution in [3.63, 3.8) is 0 Å². The molecule has 0 spiro atoms. The summed E-state index contributed by atoms with van der Waals surface area (Å²) in [4.78, 5) is 54.7. The van der Waals surface area contributed by atoms with Crippen LogP contribution in [-0.4, -0.2) is 103 Å². The van der Waals surface area contributed by atoms with Gasteiger partial charge < -0.3 is 9.69 Å². The lowest BCUT2D eigenvalue weighted by Crippen LogP contribution is -2.37. The summed E-state index contributed by atoms with van der Waals surface area (Å²) in [5.74, 6) is -0.126. The number of rotatable bonds is 11. The highest BCUT2D eigenvalue weighted by Crippen LogP contribution is 2.43. The first kappa shape index (κ1) is 30.6. The Bertz CT molecular complexity index is 668. The van der Waals surface area contributed by atoms with E-state index in [0.717, 1.165) is 0 Å². The van der Waals surface area contributed by atoms with Crippen LogP contribution < -0.4 is 0 Å². The Morgan fingerprint density at radius 2 is 1.42 bits per heavy atom. The first-order valence-corrected chi connectivity index (χ1v) is 16.6. The fraction of sp³-hybridized carbons (Fsp3) is 0.941. The van der Waals surface area contributed by atoms with Crippen LogP contribution in [0.5, 0.6) is 0 Å². The number of carbonyl (C=O) groups excluding carboxylic acids is 1. The van der Waals surface area contributed by atoms with Crippen LogP contribution in [0.25, 0.3) is 0 Å². The molecule has 1 aliphatic rings. The topological polar surface area (TPSA) is 140 Å². The van der Waals surface area contributed by atoms with Crippen LogP contribution in [0.4, 0.5) is 0 Å². The number of hydrogen-bond acceptors (Lipinski definition) is 9. The Labute approximate surface area is 186 Å². The number of carbonyl (C=O) groups is 1. The standard InChI is InChI=1S/C15H32N5O6P3.C2H6/c1-15(21)4-11-29(25,26)14-20-8-6-18(12-27(2)16-22)5-7-19(9-10-20)13-28(3,24)17-23;1-2/h4-14H2,1-3H3,(H,25,26);1-2H3. The molecule has 0 aromatic carbocycles. The highest BCUT2D eigenvalue weighted by molar-refractivity contribution is 7.61. The average Bonchev–Trinajstić information content (AvgIpc) is 2.80. The Morgan fingerprint density at radius 3 is 1.84 bits per heavy atom. The van der Waals surface area contributed by atoms with E-state index in [1.54, 1.807) is 6.66 Å². The second kappa shape index (κ2) is 15.4. The summed E-state index contributed by atoms with van der Waals surface area (Å²) in [6, 6.07) is 0. The van der Waals surface area contributed by atoms with Gasteiger partial charge in [-0.05, 0) is 23.5 Å². The van der Waals surface area contributed by atoms with Gasteiger partial charge in [-0.25, -0.2) is 0 Å². The number of nitroso groups, excluding NO2 is 2. The van der Waals surface area contributed by atoms with E-state index in [1.165, 1.54) is 13.6 Å². The van der Waals surface area contributed by atoms with E-state index < -0.39 is 22.7 Å². The van der Waals surface area contributed by atoms with Gasteiger partial charge in [-0.15, -0.1) is 9.81 Å². The molecule has 11 nitrogen and oxygen atoms in total. The summed E-state index contributed by atoms with van der Waals surface area (Å²) in [6.07, 6.45) is 0.532. The molecule has 0 aliphatic carbocycles. The van der Waals surface area contributed by atoms with Gasteiger partial charge in [0, 0.05) is 64.8 Å². The molecule has 0 radical (unpaired) electrons. The van der Waals surface area contributed by atoms with E-state index >= 15 is 0 Å². The minimum atomic E-state index is -3.50. The number of nitrogens with zero attached hydrogens (tertiary/aromatic N) is 5. The molecule has 0 bridgehead atoms. The quantitative estimate of drug-likeness (QED) is 0.333. The molecule has 31 heavy (non-hydrogen) atoms. The fourth-order valence-electron chi connectivity index (χ4n) is 3.04. The van der Waals surface area contributed by atoms with Crippen molar-refractivity contribution in [3.8, 4) is 0 Å². The molecule has 0 aromatic heterocycles. The van der Waals surface area contributed by atoms with Crippen LogP contribution in [0.15, 0.2) is 9.89 Å². The highest BCUT2D eigenvalue weighted by atomic mass is 31.2. The molecule has 1 aliphatic heterocycles. The molecule has 14 heteroatoms. The zero-order valence-corrected chi connectivity index (χ0v) is 22.0. The van der Waals surface area contributed by atoms with Gasteiger partial charge in [0.1, 0.15) is 5.78 Å². The Balaban J connectivity index is 0.00000436. The molecule has 182 valence electrons. The lowest BCUT2D eigenvalue weighted by molar-refractivity contribution is -0.116. The largest absolute Gasteiger partial charge is 0.343 e. The van der Waals surface area contributed by atoms with Crippen LogP contribution in [0.2, 0.25) is 0 Å². The molecule has 1 N–H and O–H groups in total. The molecule has 0 saturated carbocycles. The molecule has 1 saturated heterocycles. The van der Waals surface area contributed by atoms with Crippen molar-refractivity contribution >= 4 is 28.5 Å². The first-order chi connectivity index (χ1) is 14.5. The third-order valence-electron chi connectivity index (χ3n) is 4.61. The van der Waals surface area contributed by atoms with Crippen LogP contribution >= 0.6 is 22.7 Å². The molecule has 1 fully saturated rings. The van der Waals surface area contributed by atoms with Crippen LogP contribution in [0, 0.1) is 9.81 Å². The van der Waals surface area contributed by atoms with E-state index in [9.17, 15) is 28.6 Å². The van der Waals surface area contributed by atoms with Gasteiger partial charge >= 0.3 is 0 Å². The number of Topliss-reactive ketones (excluding diaryl/α,β-unsaturated/α-hetero) is 1. The number of ketones is 1. The monoisotopic (exact) mass is 501 g/mol. The lowest BCUT2D eigenvalue weighted by atomic mass is 10.4. The van der Waals surface area contributed by atoms with Gasteiger partial charge in [0.2, 0.25) is 14.7 Å². The van der Waals surface area contributed by atoms with E-state index in [0.29, 0.717) is 45.6 Å². The van der Waals surface area contributed by atoms with E-state index in [-0.39, 0.29) is 30.9 Å². The van der Waals surface area contributed by atoms with Crippen molar-refractivity contribution in [2.45, 2.75) is 27.2 Å². The predicted molar refractivity (Wildman–Crippen MR) is 129 cm³/mol. The number of hydrogen-bond donors (Lipinski definition) is 1. The summed E-state index contributed by atoms with van der Waals surface area (Å²) in [7, 11) is -7.71. The molecule has 3 unspecified atom stereocenters. The summed E-state index contributed by atoms with van der Waals surface area (Å²) in [5.41, 5.74) is 0. The predicted octanol–water partition coefficient (Wildman–Crippen LogP) is 3.52. The van der Waals surface area contributed by atoms with E-state index in [1.807, 2.05) is 23.6 Å². The van der Waals surface area contributed by atoms with E-state index in [2.05, 4.69) is 14.8 Å². The molecule has 1 rings (SSSR count). The lowest BCUT2D eigenvalue weighted by Gasteiger charge is -2.27. The smallest absolute Gasteiger partial charge is 0.243 e. The maximum Gasteiger partial charge on any atom is 0.243 e. The van der Waals surface area contributed by atoms with Crippen molar-refractivity contribution < 1.29 is 18.8 Å². The first-order valence-electron chi connectivity index (χ1n) is 10.4. The third-order valence-corrected chi connectivity index (χ3v) is 8.73. The van der Waals surface area contributed by atoms with Crippen molar-refractivity contribution in [2.24, 2.45) is 9.89 Å². The molecule has 1 heterocycles. The van der Waals surface area contributed by atoms with Gasteiger partial charge in [0.15, 0.2) is 0 Å². The normalized spacial score (nSPS) is 21.7. The third kappa shape index (κ3) is 14.4. The zero-order chi connectivity index (χ0) is 24.1. The maximum atomic E-state index is 12.5. The Morgan fingerprint density at radius 1 is 0.968 bits per heavy atom. The second-order valence-corrected chi connectivity index (χ2v) is 14.4. The van der Waals surface area contributed by atoms with Gasteiger partial charge in [0.05, 0.1) is 20.6 Å². The van der Waals surface area contributed by atoms with Crippen molar-refractivity contribution in [1.29, 1.82) is 0 Å². The van der Waals surface area contributed by atoms with Crippen LogP contribution in [-0.2, 0) is 13.9 Å². The Hall–Kier alpha value is -0.400. The molecule has 0 aromatic rings. The highest BCUT2D eigenvalue weighted by Gasteiger charge is 2.27. The van der Waals surface area contributed by atoms with Gasteiger partial charge in [0.25, 0.3) is 0 Å². The minimum Gasteiger partial charge on any atom is -0.343 e. The van der Waals surface area contributed by atoms with Gasteiger partial charge in [-0.1, -0.05) is 13.8 Å². The van der Waals surface area contributed by atoms with E-state index in [4.69, 9.17) is 0 Å². The van der Waals surface area contributed by atoms with Crippen LogP contribution in [0.3, 0.4) is 0 Å². The molecular formula is C17H38N5O6P3. The molecule has 3 atom stereocenters. The Kier molecular flexibility index (Phi) is 15.2. The molecular weight excluding hydrogens is 463 g/mol. The van der Waals surface area contributed by atoms with Crippen molar-refractivity contribution in [1.82, 2.24) is 14.7 Å². The SMILES string of the molecule is CC.CC(=O)CCP(=O)(O)CN1CCN(CP(C)N=O)CCN(CP(C)(=O)N=O)CC1. The van der Waals surface area contributed by atoms with Crippen molar-refractivity contribution in [2.75, 3.05) is 77.6 Å². The fourth-order valence-corrected chi connectivity index (χ4v) is 6.74. The summed E-state index contributed by atoms with van der Waals surface area (Å²) in [5, 5.41) is 0. The average molecular weight is 501 g/mol. The molecule has 0 amide bonds. The summed E-state index contributed by atoms with van der Waals surface area (Å²) in [6.45, 7) is 11.7.